The van der Waals surface area contributed by atoms with Gasteiger partial charge >= 0.3 is 0 Å². The van der Waals surface area contributed by atoms with E-state index in [1.807, 2.05) is 38.1 Å². The molecule has 1 N–H and O–H groups in total. The molecule has 1 aliphatic heterocycles. The van der Waals surface area contributed by atoms with E-state index < -0.39 is 6.04 Å². The zero-order chi connectivity index (χ0) is 21.0. The summed E-state index contributed by atoms with van der Waals surface area (Å²) in [5.41, 5.74) is 1.86. The summed E-state index contributed by atoms with van der Waals surface area (Å²) < 4.78 is 12.4. The summed E-state index contributed by atoms with van der Waals surface area (Å²) in [7, 11) is 3.19. The maximum absolute atomic E-state index is 12.9. The van der Waals surface area contributed by atoms with Crippen molar-refractivity contribution in [2.75, 3.05) is 25.7 Å². The van der Waals surface area contributed by atoms with E-state index >= 15 is 0 Å². The Hall–Kier alpha value is -3.03. The van der Waals surface area contributed by atoms with E-state index in [0.717, 1.165) is 11.3 Å². The maximum atomic E-state index is 12.9. The van der Waals surface area contributed by atoms with E-state index in [4.69, 9.17) is 9.47 Å². The minimum absolute atomic E-state index is 0.0423. The first kappa shape index (κ1) is 20.7. The fraction of sp³-hybridized carbons (Fsp3) is 0.476. The Labute approximate surface area is 170 Å². The number of carbonyl (C=O) groups excluding carboxylic acids is 2. The number of nitrogens with zero attached hydrogens (tertiary/aromatic N) is 3. The smallest absolute Gasteiger partial charge is 0.243 e. The van der Waals surface area contributed by atoms with Crippen molar-refractivity contribution < 1.29 is 19.1 Å². The molecule has 1 aromatic carbocycles. The van der Waals surface area contributed by atoms with Gasteiger partial charge in [-0.15, -0.1) is 0 Å². The first-order valence-corrected chi connectivity index (χ1v) is 9.83. The Morgan fingerprint density at radius 3 is 2.69 bits per heavy atom. The molecule has 0 aliphatic carbocycles. The van der Waals surface area contributed by atoms with Gasteiger partial charge in [0, 0.05) is 19.0 Å². The molecule has 0 saturated heterocycles. The van der Waals surface area contributed by atoms with E-state index in [1.165, 1.54) is 0 Å². The van der Waals surface area contributed by atoms with Crippen LogP contribution in [-0.2, 0) is 22.6 Å². The molecule has 0 fully saturated rings. The molecule has 2 aromatic rings. The Morgan fingerprint density at radius 1 is 1.24 bits per heavy atom. The summed E-state index contributed by atoms with van der Waals surface area (Å²) in [4.78, 5) is 27.0. The van der Waals surface area contributed by atoms with E-state index in [9.17, 15) is 9.59 Å². The highest BCUT2D eigenvalue weighted by Gasteiger charge is 2.34. The Morgan fingerprint density at radius 2 is 2.00 bits per heavy atom. The van der Waals surface area contributed by atoms with Crippen LogP contribution in [0, 0.1) is 6.92 Å². The van der Waals surface area contributed by atoms with Crippen molar-refractivity contribution in [3.8, 4) is 11.5 Å². The summed E-state index contributed by atoms with van der Waals surface area (Å²) in [6.45, 7) is 4.81. The third-order valence-electron chi connectivity index (χ3n) is 5.10. The van der Waals surface area contributed by atoms with E-state index in [0.29, 0.717) is 49.7 Å². The number of amides is 2. The highest BCUT2D eigenvalue weighted by Crippen LogP contribution is 2.28. The van der Waals surface area contributed by atoms with Gasteiger partial charge in [0.25, 0.3) is 0 Å². The summed E-state index contributed by atoms with van der Waals surface area (Å²) in [5, 5.41) is 7.38. The maximum Gasteiger partial charge on any atom is 0.243 e. The van der Waals surface area contributed by atoms with Crippen LogP contribution in [0.1, 0.15) is 31.0 Å². The van der Waals surface area contributed by atoms with Gasteiger partial charge in [-0.3, -0.25) is 14.5 Å². The number of nitrogens with one attached hydrogen (secondary N) is 1. The molecule has 0 bridgehead atoms. The van der Waals surface area contributed by atoms with Crippen molar-refractivity contribution in [1.29, 1.82) is 0 Å². The van der Waals surface area contributed by atoms with Gasteiger partial charge in [-0.25, -0.2) is 4.68 Å². The van der Waals surface area contributed by atoms with Crippen LogP contribution in [0.4, 0.5) is 5.82 Å². The molecule has 3 rings (SSSR count). The number of aromatic nitrogens is 2. The number of methoxy groups -OCH3 is 2. The van der Waals surface area contributed by atoms with Crippen LogP contribution in [0.5, 0.6) is 11.5 Å². The minimum Gasteiger partial charge on any atom is -0.493 e. The number of carbonyl (C=O) groups is 2. The number of anilines is 1. The van der Waals surface area contributed by atoms with Gasteiger partial charge in [-0.1, -0.05) is 13.0 Å². The normalized spacial score (nSPS) is 14.3. The number of rotatable bonds is 8. The van der Waals surface area contributed by atoms with Crippen molar-refractivity contribution in [2.45, 2.75) is 45.7 Å². The van der Waals surface area contributed by atoms with Crippen molar-refractivity contribution in [1.82, 2.24) is 15.1 Å². The number of benzene rings is 1. The second-order valence-electron chi connectivity index (χ2n) is 7.04. The summed E-state index contributed by atoms with van der Waals surface area (Å²) >= 11 is 0. The molecule has 2 amide bonds. The van der Waals surface area contributed by atoms with Gasteiger partial charge in [0.05, 0.1) is 26.5 Å². The molecule has 2 heterocycles. The fourth-order valence-electron chi connectivity index (χ4n) is 3.64. The quantitative estimate of drug-likeness (QED) is 0.733. The fourth-order valence-corrected chi connectivity index (χ4v) is 3.64. The van der Waals surface area contributed by atoms with Crippen molar-refractivity contribution in [2.24, 2.45) is 0 Å². The largest absolute Gasteiger partial charge is 0.493 e. The highest BCUT2D eigenvalue weighted by atomic mass is 16.5. The van der Waals surface area contributed by atoms with Crippen LogP contribution in [0.3, 0.4) is 0 Å². The zero-order valence-corrected chi connectivity index (χ0v) is 17.4. The third kappa shape index (κ3) is 4.36. The second kappa shape index (κ2) is 8.98. The molecule has 1 aliphatic rings. The lowest BCUT2D eigenvalue weighted by atomic mass is 10.1. The number of hydrogen-bond acceptors (Lipinski definition) is 5. The molecule has 156 valence electrons. The first-order valence-electron chi connectivity index (χ1n) is 9.83. The topological polar surface area (TPSA) is 85.7 Å². The van der Waals surface area contributed by atoms with Gasteiger partial charge < -0.3 is 14.8 Å². The van der Waals surface area contributed by atoms with Crippen LogP contribution in [0.2, 0.25) is 0 Å². The summed E-state index contributed by atoms with van der Waals surface area (Å²) in [6, 6.07) is 7.00. The van der Waals surface area contributed by atoms with Crippen LogP contribution in [0.15, 0.2) is 24.3 Å². The average Bonchev–Trinajstić information content (AvgIpc) is 3.10. The highest BCUT2D eigenvalue weighted by molar-refractivity contribution is 6.01. The van der Waals surface area contributed by atoms with Crippen molar-refractivity contribution >= 4 is 17.6 Å². The third-order valence-corrected chi connectivity index (χ3v) is 5.10. The molecule has 0 radical (unpaired) electrons. The SMILES string of the molecule is CC[C@@H](C(=O)NCCc1ccc(OC)c(OC)c1)N1C(=O)CCn2nc(C)cc21. The Balaban J connectivity index is 1.66. The molecular formula is C21H28N4O4. The van der Waals surface area contributed by atoms with E-state index in [-0.39, 0.29) is 11.8 Å². The number of ether oxygens (including phenoxy) is 2. The van der Waals surface area contributed by atoms with Gasteiger partial charge in [-0.2, -0.15) is 5.10 Å². The second-order valence-corrected chi connectivity index (χ2v) is 7.04. The lowest BCUT2D eigenvalue weighted by Crippen LogP contribution is -2.52. The van der Waals surface area contributed by atoms with Gasteiger partial charge in [0.1, 0.15) is 11.9 Å². The molecule has 29 heavy (non-hydrogen) atoms. The molecule has 8 nitrogen and oxygen atoms in total. The van der Waals surface area contributed by atoms with Crippen molar-refractivity contribution in [3.05, 3.63) is 35.5 Å². The summed E-state index contributed by atoms with van der Waals surface area (Å²) in [6.07, 6.45) is 1.52. The van der Waals surface area contributed by atoms with Gasteiger partial charge in [0.15, 0.2) is 11.5 Å². The van der Waals surface area contributed by atoms with Gasteiger partial charge in [-0.05, 0) is 37.5 Å². The van der Waals surface area contributed by atoms with E-state index in [2.05, 4.69) is 10.4 Å². The lowest BCUT2D eigenvalue weighted by Gasteiger charge is -2.33. The monoisotopic (exact) mass is 400 g/mol. The Kier molecular flexibility index (Phi) is 6.41. The summed E-state index contributed by atoms with van der Waals surface area (Å²) in [5.74, 6) is 1.82. The van der Waals surface area contributed by atoms with Crippen molar-refractivity contribution in [3.63, 3.8) is 0 Å². The van der Waals surface area contributed by atoms with Gasteiger partial charge in [0.2, 0.25) is 11.8 Å². The molecule has 1 atom stereocenters. The number of hydrogen-bond donors (Lipinski definition) is 1. The van der Waals surface area contributed by atoms with Crippen LogP contribution < -0.4 is 19.7 Å². The molecule has 1 aromatic heterocycles. The van der Waals surface area contributed by atoms with Crippen LogP contribution >= 0.6 is 0 Å². The molecule has 0 unspecified atom stereocenters. The zero-order valence-electron chi connectivity index (χ0n) is 17.4. The molecule has 8 heteroatoms. The predicted molar refractivity (Wildman–Crippen MR) is 109 cm³/mol. The molecular weight excluding hydrogens is 372 g/mol. The number of fused-ring (bicyclic) bond motifs is 1. The van der Waals surface area contributed by atoms with E-state index in [1.54, 1.807) is 23.8 Å². The minimum atomic E-state index is -0.553. The number of aryl methyl sites for hydroxylation is 2. The molecule has 0 spiro atoms. The first-order chi connectivity index (χ1) is 14.0. The lowest BCUT2D eigenvalue weighted by molar-refractivity contribution is -0.127. The van der Waals surface area contributed by atoms with Crippen LogP contribution in [-0.4, -0.2) is 48.4 Å². The molecule has 0 saturated carbocycles. The average molecular weight is 400 g/mol. The predicted octanol–water partition coefficient (Wildman–Crippen LogP) is 2.08. The van der Waals surface area contributed by atoms with Crippen LogP contribution in [0.25, 0.3) is 0 Å². The standard InChI is InChI=1S/C21H28N4O4/c1-5-16(25-19-12-14(2)23-24(19)11-9-20(25)26)21(27)22-10-8-15-6-7-17(28-3)18(13-15)29-4/h6-7,12-13,16H,5,8-11H2,1-4H3,(H,22,27)/t16-/m0/s1. The Bertz CT molecular complexity index is 893.